The number of nitrogens with zero attached hydrogens (tertiary/aromatic N) is 2. The summed E-state index contributed by atoms with van der Waals surface area (Å²) >= 11 is 0. The largest absolute Gasteiger partial charge is 0.316 e. The fourth-order valence-electron chi connectivity index (χ4n) is 2.58. The molecule has 0 saturated carbocycles. The lowest BCUT2D eigenvalue weighted by atomic mass is 10.1. The van der Waals surface area contributed by atoms with Crippen molar-refractivity contribution in [1.29, 1.82) is 0 Å². The third-order valence-corrected chi connectivity index (χ3v) is 3.92. The molecule has 0 bridgehead atoms. The SMILES string of the molecule is CNCc1ccccc1CN1CCN(C)C(C)C1. The van der Waals surface area contributed by atoms with Crippen molar-refractivity contribution in [1.82, 2.24) is 15.1 Å². The van der Waals surface area contributed by atoms with E-state index in [9.17, 15) is 0 Å². The van der Waals surface area contributed by atoms with Crippen molar-refractivity contribution in [3.05, 3.63) is 35.4 Å². The normalized spacial score (nSPS) is 22.3. The molecule has 1 unspecified atom stereocenters. The average Bonchev–Trinajstić information content (AvgIpc) is 2.37. The molecule has 1 heterocycles. The molecule has 0 aromatic heterocycles. The van der Waals surface area contributed by atoms with Gasteiger partial charge < -0.3 is 10.2 Å². The molecule has 0 aliphatic carbocycles. The van der Waals surface area contributed by atoms with Gasteiger partial charge in [-0.2, -0.15) is 0 Å². The Morgan fingerprint density at radius 2 is 1.94 bits per heavy atom. The molecule has 1 aromatic rings. The highest BCUT2D eigenvalue weighted by Crippen LogP contribution is 2.15. The smallest absolute Gasteiger partial charge is 0.0238 e. The van der Waals surface area contributed by atoms with Crippen LogP contribution in [0.1, 0.15) is 18.1 Å². The van der Waals surface area contributed by atoms with Gasteiger partial charge in [-0.05, 0) is 32.1 Å². The van der Waals surface area contributed by atoms with Gasteiger partial charge in [-0.25, -0.2) is 0 Å². The molecule has 1 aliphatic rings. The van der Waals surface area contributed by atoms with Crippen LogP contribution >= 0.6 is 0 Å². The molecule has 1 aliphatic heterocycles. The van der Waals surface area contributed by atoms with Crippen LogP contribution in [0.15, 0.2) is 24.3 Å². The maximum atomic E-state index is 3.25. The van der Waals surface area contributed by atoms with E-state index in [1.807, 2.05) is 7.05 Å². The first-order valence-electron chi connectivity index (χ1n) is 6.84. The number of hydrogen-bond donors (Lipinski definition) is 1. The molecule has 1 atom stereocenters. The Balaban J connectivity index is 2.01. The van der Waals surface area contributed by atoms with Crippen LogP contribution < -0.4 is 5.32 Å². The van der Waals surface area contributed by atoms with E-state index in [1.54, 1.807) is 0 Å². The van der Waals surface area contributed by atoms with Gasteiger partial charge in [-0.3, -0.25) is 4.90 Å². The van der Waals surface area contributed by atoms with Crippen molar-refractivity contribution in [2.75, 3.05) is 33.7 Å². The molecule has 100 valence electrons. The summed E-state index contributed by atoms with van der Waals surface area (Å²) in [6.45, 7) is 7.87. The molecule has 0 radical (unpaired) electrons. The van der Waals surface area contributed by atoms with Crippen LogP contribution in [0.2, 0.25) is 0 Å². The lowest BCUT2D eigenvalue weighted by Gasteiger charge is -2.38. The third kappa shape index (κ3) is 3.31. The van der Waals surface area contributed by atoms with E-state index in [2.05, 4.69) is 53.4 Å². The zero-order valence-corrected chi connectivity index (χ0v) is 11.8. The quantitative estimate of drug-likeness (QED) is 0.871. The van der Waals surface area contributed by atoms with Crippen LogP contribution in [0.3, 0.4) is 0 Å². The number of rotatable bonds is 4. The van der Waals surface area contributed by atoms with Gasteiger partial charge in [0.2, 0.25) is 0 Å². The second kappa shape index (κ2) is 6.32. The first-order chi connectivity index (χ1) is 8.70. The summed E-state index contributed by atoms with van der Waals surface area (Å²) in [5.74, 6) is 0. The summed E-state index contributed by atoms with van der Waals surface area (Å²) in [7, 11) is 4.23. The molecule has 1 saturated heterocycles. The second-order valence-electron chi connectivity index (χ2n) is 5.36. The Labute approximate surface area is 111 Å². The molecule has 18 heavy (non-hydrogen) atoms. The van der Waals surface area contributed by atoms with E-state index in [1.165, 1.54) is 30.8 Å². The van der Waals surface area contributed by atoms with Crippen LogP contribution in [-0.2, 0) is 13.1 Å². The van der Waals surface area contributed by atoms with Crippen molar-refractivity contribution < 1.29 is 0 Å². The fourth-order valence-corrected chi connectivity index (χ4v) is 2.58. The van der Waals surface area contributed by atoms with Gasteiger partial charge in [-0.15, -0.1) is 0 Å². The van der Waals surface area contributed by atoms with E-state index >= 15 is 0 Å². The monoisotopic (exact) mass is 247 g/mol. The Morgan fingerprint density at radius 1 is 1.22 bits per heavy atom. The van der Waals surface area contributed by atoms with Crippen molar-refractivity contribution in [2.45, 2.75) is 26.1 Å². The van der Waals surface area contributed by atoms with Crippen LogP contribution in [0.25, 0.3) is 0 Å². The van der Waals surface area contributed by atoms with Gasteiger partial charge >= 0.3 is 0 Å². The maximum Gasteiger partial charge on any atom is 0.0238 e. The Kier molecular flexibility index (Phi) is 4.75. The highest BCUT2D eigenvalue weighted by Gasteiger charge is 2.20. The van der Waals surface area contributed by atoms with E-state index in [-0.39, 0.29) is 0 Å². The van der Waals surface area contributed by atoms with Gasteiger partial charge in [-0.1, -0.05) is 24.3 Å². The molecule has 1 fully saturated rings. The van der Waals surface area contributed by atoms with E-state index < -0.39 is 0 Å². The van der Waals surface area contributed by atoms with Gasteiger partial charge in [0.25, 0.3) is 0 Å². The predicted octanol–water partition coefficient (Wildman–Crippen LogP) is 1.54. The van der Waals surface area contributed by atoms with Crippen LogP contribution in [0.4, 0.5) is 0 Å². The van der Waals surface area contributed by atoms with Crippen LogP contribution in [0, 0.1) is 0 Å². The lowest BCUT2D eigenvalue weighted by molar-refractivity contribution is 0.0998. The summed E-state index contributed by atoms with van der Waals surface area (Å²) in [4.78, 5) is 5.01. The van der Waals surface area contributed by atoms with Gasteiger partial charge in [0.05, 0.1) is 0 Å². The minimum absolute atomic E-state index is 0.662. The fraction of sp³-hybridized carbons (Fsp3) is 0.600. The minimum Gasteiger partial charge on any atom is -0.316 e. The van der Waals surface area contributed by atoms with Crippen molar-refractivity contribution in [2.24, 2.45) is 0 Å². The van der Waals surface area contributed by atoms with E-state index in [4.69, 9.17) is 0 Å². The Bertz CT molecular complexity index is 378. The molecule has 3 heteroatoms. The number of piperazine rings is 1. The zero-order chi connectivity index (χ0) is 13.0. The lowest BCUT2D eigenvalue weighted by Crippen LogP contribution is -2.49. The maximum absolute atomic E-state index is 3.25. The first-order valence-corrected chi connectivity index (χ1v) is 6.84. The zero-order valence-electron chi connectivity index (χ0n) is 11.8. The van der Waals surface area contributed by atoms with E-state index in [0.29, 0.717) is 6.04 Å². The predicted molar refractivity (Wildman–Crippen MR) is 76.6 cm³/mol. The molecule has 2 rings (SSSR count). The van der Waals surface area contributed by atoms with Gasteiger partial charge in [0.15, 0.2) is 0 Å². The first kappa shape index (κ1) is 13.5. The number of hydrogen-bond acceptors (Lipinski definition) is 3. The molecular weight excluding hydrogens is 222 g/mol. The minimum atomic E-state index is 0.662. The topological polar surface area (TPSA) is 18.5 Å². The second-order valence-corrected chi connectivity index (χ2v) is 5.36. The third-order valence-electron chi connectivity index (χ3n) is 3.92. The molecule has 3 nitrogen and oxygen atoms in total. The van der Waals surface area contributed by atoms with Crippen molar-refractivity contribution in [3.8, 4) is 0 Å². The van der Waals surface area contributed by atoms with Crippen molar-refractivity contribution in [3.63, 3.8) is 0 Å². The summed E-state index contributed by atoms with van der Waals surface area (Å²) in [6, 6.07) is 9.42. The summed E-state index contributed by atoms with van der Waals surface area (Å²) < 4.78 is 0. The highest BCUT2D eigenvalue weighted by molar-refractivity contribution is 5.27. The Morgan fingerprint density at radius 3 is 2.61 bits per heavy atom. The molecule has 1 aromatic carbocycles. The van der Waals surface area contributed by atoms with Crippen LogP contribution in [0.5, 0.6) is 0 Å². The van der Waals surface area contributed by atoms with Gasteiger partial charge in [0.1, 0.15) is 0 Å². The molecule has 1 N–H and O–H groups in total. The van der Waals surface area contributed by atoms with Gasteiger partial charge in [0, 0.05) is 38.8 Å². The number of nitrogens with one attached hydrogen (secondary N) is 1. The molecule has 0 amide bonds. The Hall–Kier alpha value is -0.900. The summed E-state index contributed by atoms with van der Waals surface area (Å²) in [5, 5.41) is 3.25. The summed E-state index contributed by atoms with van der Waals surface area (Å²) in [5.41, 5.74) is 2.88. The standard InChI is InChI=1S/C15H25N3/c1-13-11-18(9-8-17(13)3)12-15-7-5-4-6-14(15)10-16-2/h4-7,13,16H,8-12H2,1-3H3. The van der Waals surface area contributed by atoms with Crippen LogP contribution in [-0.4, -0.2) is 49.6 Å². The molecule has 0 spiro atoms. The summed E-state index contributed by atoms with van der Waals surface area (Å²) in [6.07, 6.45) is 0. The molecular formula is C15H25N3. The van der Waals surface area contributed by atoms with E-state index in [0.717, 1.165) is 13.1 Å². The average molecular weight is 247 g/mol. The number of benzene rings is 1. The number of likely N-dealkylation sites (N-methyl/N-ethyl adjacent to an activating group) is 1. The highest BCUT2D eigenvalue weighted by atomic mass is 15.3. The van der Waals surface area contributed by atoms with Crippen molar-refractivity contribution >= 4 is 0 Å².